The molecule has 0 aliphatic heterocycles. The molecule has 0 radical (unpaired) electrons. The summed E-state index contributed by atoms with van der Waals surface area (Å²) in [7, 11) is -6.33. The van der Waals surface area contributed by atoms with Crippen molar-refractivity contribution in [2.45, 2.75) is 89.4 Å². The Morgan fingerprint density at radius 3 is 1.35 bits per heavy atom. The van der Waals surface area contributed by atoms with Gasteiger partial charge in [-0.2, -0.15) is 26.0 Å². The van der Waals surface area contributed by atoms with Gasteiger partial charge >= 0.3 is 53.0 Å². The topological polar surface area (TPSA) is 196 Å². The van der Waals surface area contributed by atoms with E-state index in [4.69, 9.17) is 14.6 Å². The standard InChI is InChI=1S/C15H18F5NO4.C14H18F3NO4.C2HF3O4S/c1-14(2,3)25-13(22)21-11(8-23-12(16)17)9-5-4-6-10(7-9)24-15(18,19)20;1-13(2,3)22-12(20)18-11(8-19)9-5-4-6-10(7-9)21-14(15,16)17;3-2(4,1(6)7)10(5,8)9/h4-7,11-12H,8H2,1-3H3,(H,21,22);4-7,11,19H,8H2,1-3H3,(H,18,20);(H,6,7)/t2*11-;/m00./s1. The maximum atomic E-state index is 12.3. The molecule has 0 unspecified atom stereocenters. The first-order valence-corrected chi connectivity index (χ1v) is 16.7. The van der Waals surface area contributed by atoms with Crippen LogP contribution in [0.4, 0.5) is 57.4 Å². The molecule has 0 aliphatic rings. The number of rotatable bonds is 12. The summed E-state index contributed by atoms with van der Waals surface area (Å²) in [6, 6.07) is 7.48. The van der Waals surface area contributed by atoms with Crippen molar-refractivity contribution < 1.29 is 104 Å². The first-order chi connectivity index (χ1) is 25.5. The highest BCUT2D eigenvalue weighted by Gasteiger charge is 2.54. The number of aliphatic hydroxyl groups excluding tert-OH is 1. The van der Waals surface area contributed by atoms with Gasteiger partial charge in [-0.1, -0.05) is 28.2 Å². The maximum Gasteiger partial charge on any atom is 0.573 e. The molecule has 0 bridgehead atoms. The van der Waals surface area contributed by atoms with Gasteiger partial charge in [-0.05, 0) is 76.9 Å². The lowest BCUT2D eigenvalue weighted by Crippen LogP contribution is -2.37. The minimum Gasteiger partial charge on any atom is -0.476 e. The summed E-state index contributed by atoms with van der Waals surface area (Å²) in [5, 5.41) is 16.0. The van der Waals surface area contributed by atoms with E-state index in [0.29, 0.717) is 0 Å². The van der Waals surface area contributed by atoms with Gasteiger partial charge in [-0.3, -0.25) is 0 Å². The third-order valence-electron chi connectivity index (χ3n) is 5.50. The largest absolute Gasteiger partial charge is 0.573 e. The molecule has 26 heteroatoms. The number of alkyl halides is 10. The number of hydrogen-bond acceptors (Lipinski definition) is 11. The number of aliphatic carboxylic acids is 1. The van der Waals surface area contributed by atoms with E-state index in [1.807, 2.05) is 0 Å². The normalized spacial score (nSPS) is 13.4. The second-order valence-electron chi connectivity index (χ2n) is 12.7. The SMILES string of the molecule is CC(C)(C)OC(=O)N[C@@H](CO)c1cccc(OC(F)(F)F)c1.CC(C)(C)OC(=O)N[C@@H](COC(F)F)c1cccc(OC(F)(F)F)c1.O=C(O)C(F)(F)S(=O)(=O)F. The molecule has 14 nitrogen and oxygen atoms in total. The summed E-state index contributed by atoms with van der Waals surface area (Å²) >= 11 is 0. The highest BCUT2D eigenvalue weighted by Crippen LogP contribution is 2.28. The summed E-state index contributed by atoms with van der Waals surface area (Å²) in [6.45, 7) is 5.48. The van der Waals surface area contributed by atoms with E-state index in [1.165, 1.54) is 24.3 Å². The minimum atomic E-state index is -6.33. The van der Waals surface area contributed by atoms with Gasteiger partial charge in [-0.25, -0.2) is 14.4 Å². The summed E-state index contributed by atoms with van der Waals surface area (Å²) in [4.78, 5) is 32.8. The number of carboxylic acid groups (broad SMARTS) is 1. The molecule has 2 atom stereocenters. The van der Waals surface area contributed by atoms with Crippen LogP contribution in [0.3, 0.4) is 0 Å². The van der Waals surface area contributed by atoms with Crippen LogP contribution < -0.4 is 20.1 Å². The Hall–Kier alpha value is -4.85. The van der Waals surface area contributed by atoms with Crippen LogP contribution in [-0.4, -0.2) is 85.8 Å². The number of nitrogens with one attached hydrogen (secondary N) is 2. The van der Waals surface area contributed by atoms with Crippen molar-refractivity contribution in [1.82, 2.24) is 10.6 Å². The number of amides is 2. The molecule has 2 aromatic rings. The number of aliphatic hydroxyl groups is 1. The Morgan fingerprint density at radius 2 is 1.07 bits per heavy atom. The molecule has 2 aromatic carbocycles. The Balaban J connectivity index is 0.000000897. The lowest BCUT2D eigenvalue weighted by Gasteiger charge is -2.24. The average Bonchev–Trinajstić information content (AvgIpc) is 2.98. The van der Waals surface area contributed by atoms with E-state index in [9.17, 15) is 75.7 Å². The average molecular weight is 871 g/mol. The lowest BCUT2D eigenvalue weighted by molar-refractivity contribution is -0.275. The Kier molecular flexibility index (Phi) is 19.3. The lowest BCUT2D eigenvalue weighted by atomic mass is 10.1. The molecule has 2 rings (SSSR count). The first-order valence-electron chi connectivity index (χ1n) is 15.3. The van der Waals surface area contributed by atoms with Gasteiger partial charge in [0.05, 0.1) is 25.3 Å². The van der Waals surface area contributed by atoms with Crippen molar-refractivity contribution in [2.75, 3.05) is 13.2 Å². The zero-order chi connectivity index (χ0) is 44.8. The Morgan fingerprint density at radius 1 is 0.702 bits per heavy atom. The molecule has 4 N–H and O–H groups in total. The number of carbonyl (C=O) groups is 3. The van der Waals surface area contributed by atoms with Crippen LogP contribution in [0.25, 0.3) is 0 Å². The van der Waals surface area contributed by atoms with E-state index < -0.39 is 101 Å². The number of hydrogen-bond donors (Lipinski definition) is 4. The molecular formula is C31H37F11N2O12S. The molecule has 326 valence electrons. The summed E-state index contributed by atoms with van der Waals surface area (Å²) < 4.78 is 173. The van der Waals surface area contributed by atoms with Gasteiger partial charge in [0.1, 0.15) is 22.7 Å². The Labute approximate surface area is 317 Å². The fourth-order valence-electron chi connectivity index (χ4n) is 3.49. The van der Waals surface area contributed by atoms with Crippen molar-refractivity contribution in [3.63, 3.8) is 0 Å². The monoisotopic (exact) mass is 870 g/mol. The highest BCUT2D eigenvalue weighted by molar-refractivity contribution is 7.88. The molecule has 0 saturated carbocycles. The Bertz CT molecular complexity index is 1710. The fraction of sp³-hybridized carbons (Fsp3) is 0.516. The number of carboxylic acids is 1. The van der Waals surface area contributed by atoms with Crippen LogP contribution in [0.2, 0.25) is 0 Å². The van der Waals surface area contributed by atoms with Gasteiger partial charge in [0.15, 0.2) is 0 Å². The smallest absolute Gasteiger partial charge is 0.476 e. The number of ether oxygens (including phenoxy) is 5. The van der Waals surface area contributed by atoms with Crippen LogP contribution in [-0.2, 0) is 29.2 Å². The van der Waals surface area contributed by atoms with Crippen LogP contribution in [0.1, 0.15) is 64.8 Å². The highest BCUT2D eigenvalue weighted by atomic mass is 32.3. The zero-order valence-corrected chi connectivity index (χ0v) is 31.1. The number of halogens is 11. The molecular weight excluding hydrogens is 833 g/mol. The van der Waals surface area contributed by atoms with Crippen LogP contribution in [0, 0.1) is 0 Å². The van der Waals surface area contributed by atoms with Crippen LogP contribution in [0.15, 0.2) is 48.5 Å². The van der Waals surface area contributed by atoms with Gasteiger partial charge in [0, 0.05) is 0 Å². The second kappa shape index (κ2) is 21.1. The molecule has 57 heavy (non-hydrogen) atoms. The van der Waals surface area contributed by atoms with Gasteiger partial charge < -0.3 is 44.5 Å². The van der Waals surface area contributed by atoms with Gasteiger partial charge in [-0.15, -0.1) is 26.3 Å². The van der Waals surface area contributed by atoms with Gasteiger partial charge in [0.2, 0.25) is 0 Å². The predicted octanol–water partition coefficient (Wildman–Crippen LogP) is 7.50. The number of alkyl carbamates (subject to hydrolysis) is 2. The number of benzene rings is 2. The summed E-state index contributed by atoms with van der Waals surface area (Å²) in [5.41, 5.74) is -1.24. The minimum absolute atomic E-state index is 0.0771. The van der Waals surface area contributed by atoms with E-state index in [-0.39, 0.29) is 11.1 Å². The maximum absolute atomic E-state index is 12.3. The quantitative estimate of drug-likeness (QED) is 0.121. The van der Waals surface area contributed by atoms with Crippen LogP contribution in [0.5, 0.6) is 11.5 Å². The first kappa shape index (κ1) is 52.2. The van der Waals surface area contributed by atoms with Crippen molar-refractivity contribution in [3.05, 3.63) is 59.7 Å². The van der Waals surface area contributed by atoms with Crippen molar-refractivity contribution >= 4 is 28.4 Å². The molecule has 0 heterocycles. The van der Waals surface area contributed by atoms with Crippen molar-refractivity contribution in [1.29, 1.82) is 0 Å². The van der Waals surface area contributed by atoms with Gasteiger partial charge in [0.25, 0.3) is 0 Å². The summed E-state index contributed by atoms with van der Waals surface area (Å²) in [6.07, 6.45) is -11.4. The zero-order valence-electron chi connectivity index (χ0n) is 30.3. The van der Waals surface area contributed by atoms with Crippen molar-refractivity contribution in [3.8, 4) is 11.5 Å². The fourth-order valence-corrected chi connectivity index (χ4v) is 3.69. The molecule has 0 aliphatic carbocycles. The van der Waals surface area contributed by atoms with Crippen molar-refractivity contribution in [2.24, 2.45) is 0 Å². The molecule has 0 spiro atoms. The van der Waals surface area contributed by atoms with E-state index >= 15 is 0 Å². The van der Waals surface area contributed by atoms with Crippen LogP contribution >= 0.6 is 0 Å². The molecule has 2 amide bonds. The molecule has 0 aromatic heterocycles. The van der Waals surface area contributed by atoms with E-state index in [2.05, 4.69) is 24.8 Å². The third kappa shape index (κ3) is 23.1. The molecule has 0 saturated heterocycles. The summed E-state index contributed by atoms with van der Waals surface area (Å²) in [5.74, 6) is -4.03. The second-order valence-corrected chi connectivity index (χ2v) is 14.1. The van der Waals surface area contributed by atoms with E-state index in [1.54, 1.807) is 41.5 Å². The predicted molar refractivity (Wildman–Crippen MR) is 172 cm³/mol. The number of carbonyl (C=O) groups excluding carboxylic acids is 2. The third-order valence-corrected chi connectivity index (χ3v) is 6.28. The van der Waals surface area contributed by atoms with E-state index in [0.717, 1.165) is 24.3 Å². The molecule has 0 fully saturated rings.